The van der Waals surface area contributed by atoms with Crippen LogP contribution >= 0.6 is 0 Å². The van der Waals surface area contributed by atoms with Crippen LogP contribution < -0.4 is 0 Å². The number of ether oxygens (including phenoxy) is 1. The molecule has 1 atom stereocenters. The van der Waals surface area contributed by atoms with Crippen LogP contribution in [0.4, 0.5) is 8.78 Å². The third kappa shape index (κ3) is 1.04. The molecule has 0 radical (unpaired) electrons. The molecule has 1 fully saturated rings. The van der Waals surface area contributed by atoms with E-state index in [9.17, 15) is 13.6 Å². The topological polar surface area (TPSA) is 46.5 Å². The van der Waals surface area contributed by atoms with E-state index in [1.54, 1.807) is 0 Å². The molecule has 78 valence electrons. The molecule has 0 saturated heterocycles. The molecule has 0 aromatic carbocycles. The van der Waals surface area contributed by atoms with Crippen LogP contribution in [0.1, 0.15) is 19.3 Å². The second kappa shape index (κ2) is 2.68. The van der Waals surface area contributed by atoms with Crippen molar-refractivity contribution in [3.8, 4) is 0 Å². The SMILES string of the molecule is O=C(O)C1(C2=COCCC2)CC1(F)F. The molecule has 3 nitrogen and oxygen atoms in total. The highest BCUT2D eigenvalue weighted by molar-refractivity contribution is 5.84. The second-order valence-electron chi connectivity index (χ2n) is 3.71. The summed E-state index contributed by atoms with van der Waals surface area (Å²) in [7, 11) is 0. The summed E-state index contributed by atoms with van der Waals surface area (Å²) < 4.78 is 30.9. The van der Waals surface area contributed by atoms with E-state index in [1.165, 1.54) is 6.26 Å². The van der Waals surface area contributed by atoms with Crippen molar-refractivity contribution in [1.29, 1.82) is 0 Å². The van der Waals surface area contributed by atoms with E-state index >= 15 is 0 Å². The van der Waals surface area contributed by atoms with Crippen molar-refractivity contribution in [3.05, 3.63) is 11.8 Å². The molecule has 2 aliphatic rings. The first kappa shape index (κ1) is 9.43. The molecule has 5 heteroatoms. The Bertz CT molecular complexity index is 311. The van der Waals surface area contributed by atoms with Crippen molar-refractivity contribution in [1.82, 2.24) is 0 Å². The number of alkyl halides is 2. The zero-order valence-electron chi connectivity index (χ0n) is 7.43. The zero-order valence-corrected chi connectivity index (χ0v) is 7.43. The molecule has 0 spiro atoms. The fourth-order valence-corrected chi connectivity index (χ4v) is 1.89. The van der Waals surface area contributed by atoms with E-state index in [4.69, 9.17) is 9.84 Å². The Hall–Kier alpha value is -1.13. The highest BCUT2D eigenvalue weighted by Gasteiger charge is 2.78. The van der Waals surface area contributed by atoms with Gasteiger partial charge in [-0.05, 0) is 18.4 Å². The monoisotopic (exact) mass is 204 g/mol. The maximum Gasteiger partial charge on any atom is 0.320 e. The average molecular weight is 204 g/mol. The number of halogens is 2. The second-order valence-corrected chi connectivity index (χ2v) is 3.71. The molecule has 1 heterocycles. The molecule has 2 rings (SSSR count). The highest BCUT2D eigenvalue weighted by atomic mass is 19.3. The average Bonchev–Trinajstić information content (AvgIpc) is 2.72. The number of carbonyl (C=O) groups is 1. The fourth-order valence-electron chi connectivity index (χ4n) is 1.89. The van der Waals surface area contributed by atoms with Gasteiger partial charge in [0, 0.05) is 6.42 Å². The smallest absolute Gasteiger partial charge is 0.320 e. The molecule has 1 saturated carbocycles. The number of hydrogen-bond acceptors (Lipinski definition) is 2. The largest absolute Gasteiger partial charge is 0.501 e. The van der Waals surface area contributed by atoms with Gasteiger partial charge < -0.3 is 9.84 Å². The van der Waals surface area contributed by atoms with Crippen LogP contribution in [0.25, 0.3) is 0 Å². The Morgan fingerprint density at radius 1 is 1.57 bits per heavy atom. The Morgan fingerprint density at radius 3 is 2.57 bits per heavy atom. The lowest BCUT2D eigenvalue weighted by Crippen LogP contribution is -2.26. The van der Waals surface area contributed by atoms with Crippen LogP contribution in [-0.4, -0.2) is 23.6 Å². The summed E-state index contributed by atoms with van der Waals surface area (Å²) in [5.41, 5.74) is -1.74. The van der Waals surface area contributed by atoms with Gasteiger partial charge in [0.15, 0.2) is 5.41 Å². The van der Waals surface area contributed by atoms with Crippen molar-refractivity contribution in [2.24, 2.45) is 5.41 Å². The van der Waals surface area contributed by atoms with Crippen molar-refractivity contribution < 1.29 is 23.4 Å². The van der Waals surface area contributed by atoms with Gasteiger partial charge in [-0.3, -0.25) is 4.79 Å². The van der Waals surface area contributed by atoms with Gasteiger partial charge in [-0.1, -0.05) is 0 Å². The molecule has 1 N–H and O–H groups in total. The van der Waals surface area contributed by atoms with Crippen LogP contribution in [0, 0.1) is 5.41 Å². The van der Waals surface area contributed by atoms with E-state index in [0.717, 1.165) is 0 Å². The van der Waals surface area contributed by atoms with Gasteiger partial charge >= 0.3 is 5.97 Å². The molecular formula is C9H10F2O3. The molecule has 0 aromatic heterocycles. The summed E-state index contributed by atoms with van der Waals surface area (Å²) in [6.45, 7) is 0.477. The highest BCUT2D eigenvalue weighted by Crippen LogP contribution is 2.65. The normalized spacial score (nSPS) is 34.3. The summed E-state index contributed by atoms with van der Waals surface area (Å²) >= 11 is 0. The summed E-state index contributed by atoms with van der Waals surface area (Å²) in [5, 5.41) is 8.82. The van der Waals surface area contributed by atoms with E-state index in [-0.39, 0.29) is 5.57 Å². The lowest BCUT2D eigenvalue weighted by atomic mass is 9.91. The Balaban J connectivity index is 2.30. The third-order valence-corrected chi connectivity index (χ3v) is 2.83. The number of hydrogen-bond donors (Lipinski definition) is 1. The first-order chi connectivity index (χ1) is 6.51. The minimum atomic E-state index is -3.11. The number of rotatable bonds is 2. The number of aliphatic carboxylic acids is 1. The maximum atomic E-state index is 13.0. The summed E-state index contributed by atoms with van der Waals surface area (Å²) in [6, 6.07) is 0. The number of carboxylic acids is 1. The standard InChI is InChI=1S/C9H10F2O3/c10-9(11)5-8(9,7(12)13)6-2-1-3-14-4-6/h4H,1-3,5H2,(H,12,13). The van der Waals surface area contributed by atoms with Crippen LogP contribution in [0.2, 0.25) is 0 Å². The third-order valence-electron chi connectivity index (χ3n) is 2.83. The van der Waals surface area contributed by atoms with Crippen molar-refractivity contribution in [3.63, 3.8) is 0 Å². The van der Waals surface area contributed by atoms with Crippen molar-refractivity contribution in [2.45, 2.75) is 25.2 Å². The molecule has 1 aliphatic heterocycles. The Kier molecular flexibility index (Phi) is 1.81. The van der Waals surface area contributed by atoms with Crippen LogP contribution in [0.3, 0.4) is 0 Å². The first-order valence-electron chi connectivity index (χ1n) is 4.43. The van der Waals surface area contributed by atoms with E-state index in [1.807, 2.05) is 0 Å². The molecule has 1 aliphatic carbocycles. The van der Waals surface area contributed by atoms with E-state index in [0.29, 0.717) is 19.4 Å². The van der Waals surface area contributed by atoms with E-state index in [2.05, 4.69) is 0 Å². The van der Waals surface area contributed by atoms with Gasteiger partial charge in [-0.15, -0.1) is 0 Å². The van der Waals surface area contributed by atoms with Gasteiger partial charge in [-0.25, -0.2) is 8.78 Å². The van der Waals surface area contributed by atoms with Gasteiger partial charge in [0.1, 0.15) is 0 Å². The molecule has 0 amide bonds. The molecular weight excluding hydrogens is 194 g/mol. The molecule has 0 aromatic rings. The molecule has 14 heavy (non-hydrogen) atoms. The summed E-state index contributed by atoms with van der Waals surface area (Å²) in [5.74, 6) is -4.55. The first-order valence-corrected chi connectivity index (χ1v) is 4.43. The minimum Gasteiger partial charge on any atom is -0.501 e. The number of carboxylic acid groups (broad SMARTS) is 1. The fraction of sp³-hybridized carbons (Fsp3) is 0.667. The molecule has 0 bridgehead atoms. The van der Waals surface area contributed by atoms with Crippen molar-refractivity contribution in [2.75, 3.05) is 6.61 Å². The van der Waals surface area contributed by atoms with Crippen LogP contribution in [-0.2, 0) is 9.53 Å². The minimum absolute atomic E-state index is 0.223. The van der Waals surface area contributed by atoms with Gasteiger partial charge in [0.05, 0.1) is 12.9 Å². The Labute approximate surface area is 79.4 Å². The Morgan fingerprint density at radius 2 is 2.21 bits per heavy atom. The van der Waals surface area contributed by atoms with Crippen LogP contribution in [0.15, 0.2) is 11.8 Å². The predicted octanol–water partition coefficient (Wildman–Crippen LogP) is 1.79. The van der Waals surface area contributed by atoms with Crippen LogP contribution in [0.5, 0.6) is 0 Å². The maximum absolute atomic E-state index is 13.0. The predicted molar refractivity (Wildman–Crippen MR) is 42.9 cm³/mol. The van der Waals surface area contributed by atoms with E-state index < -0.39 is 23.7 Å². The van der Waals surface area contributed by atoms with Crippen molar-refractivity contribution >= 4 is 5.97 Å². The zero-order chi connectivity index (χ0) is 10.4. The van der Waals surface area contributed by atoms with Gasteiger partial charge in [0.25, 0.3) is 5.92 Å². The molecule has 1 unspecified atom stereocenters. The summed E-state index contributed by atoms with van der Waals surface area (Å²) in [4.78, 5) is 10.8. The lowest BCUT2D eigenvalue weighted by molar-refractivity contribution is -0.145. The summed E-state index contributed by atoms with van der Waals surface area (Å²) in [6.07, 6.45) is 1.60. The lowest BCUT2D eigenvalue weighted by Gasteiger charge is -2.19. The quantitative estimate of drug-likeness (QED) is 0.745. The van der Waals surface area contributed by atoms with Gasteiger partial charge in [0.2, 0.25) is 0 Å². The van der Waals surface area contributed by atoms with Gasteiger partial charge in [-0.2, -0.15) is 0 Å².